The highest BCUT2D eigenvalue weighted by atomic mass is 32.2. The van der Waals surface area contributed by atoms with Gasteiger partial charge in [-0.25, -0.2) is 13.2 Å². The zero-order chi connectivity index (χ0) is 18.2. The van der Waals surface area contributed by atoms with Crippen LogP contribution in [0.2, 0.25) is 0 Å². The number of hydrogen-bond donors (Lipinski definition) is 0. The molecule has 1 aliphatic rings. The van der Waals surface area contributed by atoms with Gasteiger partial charge in [0.25, 0.3) is 0 Å². The van der Waals surface area contributed by atoms with Crippen LogP contribution in [0.5, 0.6) is 5.75 Å². The Morgan fingerprint density at radius 3 is 2.32 bits per heavy atom. The molecule has 2 aromatic rings. The second kappa shape index (κ2) is 6.37. The number of carbonyl (C=O) groups is 1. The number of carbonyl (C=O) groups excluding carboxylic acids is 1. The normalized spacial score (nSPS) is 17.6. The SMILES string of the molecule is COc1cccc(C2=C(c3ccc(S(C)(=O)=O)cc3)C(C)OC2=O)c1. The van der Waals surface area contributed by atoms with Gasteiger partial charge in [-0.2, -0.15) is 0 Å². The molecule has 25 heavy (non-hydrogen) atoms. The Bertz CT molecular complexity index is 956. The minimum atomic E-state index is -3.27. The van der Waals surface area contributed by atoms with E-state index in [9.17, 15) is 13.2 Å². The predicted octanol–water partition coefficient (Wildman–Crippen LogP) is 2.95. The second-order valence-corrected chi connectivity index (χ2v) is 7.88. The van der Waals surface area contributed by atoms with E-state index in [0.29, 0.717) is 16.9 Å². The molecule has 0 bridgehead atoms. The van der Waals surface area contributed by atoms with Crippen LogP contribution in [0.25, 0.3) is 11.1 Å². The van der Waals surface area contributed by atoms with Crippen LogP contribution in [0.1, 0.15) is 18.1 Å². The summed E-state index contributed by atoms with van der Waals surface area (Å²) < 4.78 is 33.9. The molecule has 0 aliphatic carbocycles. The first-order valence-corrected chi connectivity index (χ1v) is 9.60. The standard InChI is InChI=1S/C19H18O5S/c1-12-17(13-7-9-16(10-8-13)25(3,21)22)18(19(20)24-12)14-5-4-6-15(11-14)23-2/h4-12H,1-3H3. The highest BCUT2D eigenvalue weighted by Gasteiger charge is 2.33. The fourth-order valence-electron chi connectivity index (χ4n) is 2.90. The Balaban J connectivity index is 2.15. The fourth-order valence-corrected chi connectivity index (χ4v) is 3.53. The third kappa shape index (κ3) is 3.30. The van der Waals surface area contributed by atoms with Gasteiger partial charge in [-0.15, -0.1) is 0 Å². The first-order chi connectivity index (χ1) is 11.8. The van der Waals surface area contributed by atoms with Crippen LogP contribution < -0.4 is 4.74 Å². The van der Waals surface area contributed by atoms with E-state index in [4.69, 9.17) is 9.47 Å². The maximum Gasteiger partial charge on any atom is 0.339 e. The van der Waals surface area contributed by atoms with E-state index < -0.39 is 21.9 Å². The molecular formula is C19H18O5S. The highest BCUT2D eigenvalue weighted by Crippen LogP contribution is 2.38. The van der Waals surface area contributed by atoms with Crippen LogP contribution in [-0.2, 0) is 19.4 Å². The van der Waals surface area contributed by atoms with Crippen molar-refractivity contribution in [3.8, 4) is 5.75 Å². The van der Waals surface area contributed by atoms with Crippen molar-refractivity contribution in [2.45, 2.75) is 17.9 Å². The molecule has 6 heteroatoms. The zero-order valence-corrected chi connectivity index (χ0v) is 15.0. The number of benzene rings is 2. The zero-order valence-electron chi connectivity index (χ0n) is 14.1. The van der Waals surface area contributed by atoms with Crippen molar-refractivity contribution >= 4 is 27.0 Å². The number of esters is 1. The summed E-state index contributed by atoms with van der Waals surface area (Å²) in [5, 5.41) is 0. The average molecular weight is 358 g/mol. The van der Waals surface area contributed by atoms with Crippen LogP contribution in [-0.4, -0.2) is 33.9 Å². The maximum absolute atomic E-state index is 12.4. The molecular weight excluding hydrogens is 340 g/mol. The number of hydrogen-bond acceptors (Lipinski definition) is 5. The highest BCUT2D eigenvalue weighted by molar-refractivity contribution is 7.90. The van der Waals surface area contributed by atoms with Crippen LogP contribution in [0.15, 0.2) is 53.4 Å². The molecule has 0 radical (unpaired) electrons. The molecule has 0 saturated heterocycles. The summed E-state index contributed by atoms with van der Waals surface area (Å²) >= 11 is 0. The molecule has 3 rings (SSSR count). The van der Waals surface area contributed by atoms with Crippen LogP contribution in [0.3, 0.4) is 0 Å². The third-order valence-electron chi connectivity index (χ3n) is 4.12. The molecule has 5 nitrogen and oxygen atoms in total. The molecule has 1 heterocycles. The van der Waals surface area contributed by atoms with E-state index in [-0.39, 0.29) is 4.90 Å². The third-order valence-corrected chi connectivity index (χ3v) is 5.24. The molecule has 0 amide bonds. The van der Waals surface area contributed by atoms with Crippen LogP contribution in [0.4, 0.5) is 0 Å². The van der Waals surface area contributed by atoms with Crippen molar-refractivity contribution in [2.75, 3.05) is 13.4 Å². The Hall–Kier alpha value is -2.60. The van der Waals surface area contributed by atoms with Crippen molar-refractivity contribution in [1.82, 2.24) is 0 Å². The van der Waals surface area contributed by atoms with Gasteiger partial charge in [0.05, 0.1) is 17.6 Å². The molecule has 0 spiro atoms. The van der Waals surface area contributed by atoms with E-state index in [1.54, 1.807) is 38.3 Å². The van der Waals surface area contributed by atoms with Crippen molar-refractivity contribution in [1.29, 1.82) is 0 Å². The lowest BCUT2D eigenvalue weighted by atomic mass is 9.93. The summed E-state index contributed by atoms with van der Waals surface area (Å²) in [5.41, 5.74) is 2.66. The summed E-state index contributed by atoms with van der Waals surface area (Å²) in [5.74, 6) is 0.243. The number of sulfone groups is 1. The minimum Gasteiger partial charge on any atom is -0.497 e. The van der Waals surface area contributed by atoms with Gasteiger partial charge in [-0.1, -0.05) is 24.3 Å². The molecule has 1 unspecified atom stereocenters. The summed E-state index contributed by atoms with van der Waals surface area (Å²) in [6, 6.07) is 13.7. The van der Waals surface area contributed by atoms with E-state index in [2.05, 4.69) is 0 Å². The van der Waals surface area contributed by atoms with E-state index in [1.165, 1.54) is 12.1 Å². The van der Waals surface area contributed by atoms with E-state index in [1.807, 2.05) is 12.1 Å². The number of cyclic esters (lactones) is 1. The van der Waals surface area contributed by atoms with Crippen molar-refractivity contribution in [3.63, 3.8) is 0 Å². The van der Waals surface area contributed by atoms with Crippen LogP contribution in [0, 0.1) is 0 Å². The van der Waals surface area contributed by atoms with Crippen molar-refractivity contribution < 1.29 is 22.7 Å². The summed E-state index contributed by atoms with van der Waals surface area (Å²) in [4.78, 5) is 12.6. The molecule has 0 N–H and O–H groups in total. The van der Waals surface area contributed by atoms with Crippen molar-refractivity contribution in [2.24, 2.45) is 0 Å². The monoisotopic (exact) mass is 358 g/mol. The van der Waals surface area contributed by atoms with Gasteiger partial charge in [0, 0.05) is 11.8 Å². The van der Waals surface area contributed by atoms with E-state index >= 15 is 0 Å². The fraction of sp³-hybridized carbons (Fsp3) is 0.211. The van der Waals surface area contributed by atoms with Gasteiger partial charge in [-0.05, 0) is 42.3 Å². The van der Waals surface area contributed by atoms with Crippen LogP contribution >= 0.6 is 0 Å². The molecule has 130 valence electrons. The van der Waals surface area contributed by atoms with Crippen molar-refractivity contribution in [3.05, 3.63) is 59.7 Å². The first-order valence-electron chi connectivity index (χ1n) is 7.71. The number of methoxy groups -OCH3 is 1. The maximum atomic E-state index is 12.4. The first kappa shape index (κ1) is 17.2. The lowest BCUT2D eigenvalue weighted by Gasteiger charge is -2.10. The lowest BCUT2D eigenvalue weighted by Crippen LogP contribution is -2.05. The Morgan fingerprint density at radius 2 is 1.72 bits per heavy atom. The molecule has 0 aromatic heterocycles. The van der Waals surface area contributed by atoms with E-state index in [0.717, 1.165) is 17.4 Å². The summed E-state index contributed by atoms with van der Waals surface area (Å²) in [6.45, 7) is 1.80. The quantitative estimate of drug-likeness (QED) is 0.786. The smallest absolute Gasteiger partial charge is 0.339 e. The van der Waals surface area contributed by atoms with Gasteiger partial charge in [-0.3, -0.25) is 0 Å². The average Bonchev–Trinajstić information content (AvgIpc) is 2.88. The second-order valence-electron chi connectivity index (χ2n) is 5.86. The summed E-state index contributed by atoms with van der Waals surface area (Å²) in [7, 11) is -1.71. The van der Waals surface area contributed by atoms with Gasteiger partial charge in [0.1, 0.15) is 11.9 Å². The van der Waals surface area contributed by atoms with Gasteiger partial charge in [0.15, 0.2) is 9.84 Å². The van der Waals surface area contributed by atoms with Gasteiger partial charge >= 0.3 is 5.97 Å². The largest absolute Gasteiger partial charge is 0.497 e. The molecule has 0 saturated carbocycles. The Kier molecular flexibility index (Phi) is 4.39. The Labute approximate surface area is 146 Å². The van der Waals surface area contributed by atoms with Gasteiger partial charge < -0.3 is 9.47 Å². The molecule has 1 atom stereocenters. The predicted molar refractivity (Wildman–Crippen MR) is 94.9 cm³/mol. The topological polar surface area (TPSA) is 69.7 Å². The molecule has 1 aliphatic heterocycles. The molecule has 0 fully saturated rings. The lowest BCUT2D eigenvalue weighted by molar-refractivity contribution is -0.136. The molecule has 2 aromatic carbocycles. The number of ether oxygens (including phenoxy) is 2. The summed E-state index contributed by atoms with van der Waals surface area (Å²) in [6.07, 6.45) is 0.742. The van der Waals surface area contributed by atoms with Gasteiger partial charge in [0.2, 0.25) is 0 Å². The Morgan fingerprint density at radius 1 is 1.04 bits per heavy atom. The number of rotatable bonds is 4. The minimum absolute atomic E-state index is 0.234.